The molecule has 1 fully saturated rings. The average Bonchev–Trinajstić information content (AvgIpc) is 2.72. The van der Waals surface area contributed by atoms with Crippen LogP contribution in [0.5, 0.6) is 0 Å². The summed E-state index contributed by atoms with van der Waals surface area (Å²) in [5.74, 6) is -0.669. The van der Waals surface area contributed by atoms with Crippen molar-refractivity contribution in [1.82, 2.24) is 0 Å². The summed E-state index contributed by atoms with van der Waals surface area (Å²) in [6.45, 7) is 1.51. The maximum absolute atomic E-state index is 11.0. The largest absolute Gasteiger partial charge is 0.478 e. The first kappa shape index (κ1) is 10.2. The molecule has 0 aromatic heterocycles. The first-order valence-corrected chi connectivity index (χ1v) is 5.19. The lowest BCUT2D eigenvalue weighted by atomic mass is 9.92. The van der Waals surface area contributed by atoms with Crippen LogP contribution >= 0.6 is 0 Å². The Balaban J connectivity index is 2.17. The number of carboxylic acids is 1. The number of hydrogen-bond donors (Lipinski definition) is 1. The quantitative estimate of drug-likeness (QED) is 0.714. The van der Waals surface area contributed by atoms with E-state index in [2.05, 4.69) is 0 Å². The smallest absolute Gasteiger partial charge is 0.331 e. The Labute approximate surface area is 87.9 Å². The van der Waals surface area contributed by atoms with Gasteiger partial charge in [0.15, 0.2) is 0 Å². The number of fused-ring (bicyclic) bond motifs is 2. The predicted octanol–water partition coefficient (Wildman–Crippen LogP) is 1.36. The van der Waals surface area contributed by atoms with Gasteiger partial charge in [-0.15, -0.1) is 0 Å². The molecule has 2 atom stereocenters. The van der Waals surface area contributed by atoms with Crippen LogP contribution in [0.2, 0.25) is 0 Å². The first-order chi connectivity index (χ1) is 7.09. The van der Waals surface area contributed by atoms with E-state index >= 15 is 0 Å². The zero-order valence-corrected chi connectivity index (χ0v) is 8.66. The number of carbonyl (C=O) groups is 2. The van der Waals surface area contributed by atoms with E-state index in [1.807, 2.05) is 0 Å². The molecular weight excluding hydrogens is 196 g/mol. The Morgan fingerprint density at radius 3 is 2.67 bits per heavy atom. The van der Waals surface area contributed by atoms with Gasteiger partial charge in [0, 0.05) is 12.5 Å². The molecule has 0 radical (unpaired) electrons. The van der Waals surface area contributed by atoms with E-state index in [1.54, 1.807) is 0 Å². The Morgan fingerprint density at radius 2 is 2.07 bits per heavy atom. The minimum absolute atomic E-state index is 0.165. The number of hydrogen-bond acceptors (Lipinski definition) is 3. The number of esters is 1. The lowest BCUT2D eigenvalue weighted by Gasteiger charge is -2.16. The molecule has 0 aromatic carbocycles. The fraction of sp³-hybridized carbons (Fsp3) is 0.636. The number of aliphatic carboxylic acids is 1. The molecule has 2 aliphatic carbocycles. The van der Waals surface area contributed by atoms with Crippen molar-refractivity contribution >= 4 is 11.9 Å². The van der Waals surface area contributed by atoms with Crippen molar-refractivity contribution in [3.8, 4) is 0 Å². The van der Waals surface area contributed by atoms with Gasteiger partial charge in [0.2, 0.25) is 0 Å². The maximum Gasteiger partial charge on any atom is 0.331 e. The van der Waals surface area contributed by atoms with E-state index in [1.165, 1.54) is 6.92 Å². The molecule has 0 amide bonds. The van der Waals surface area contributed by atoms with Gasteiger partial charge in [0.05, 0.1) is 0 Å². The van der Waals surface area contributed by atoms with Gasteiger partial charge >= 0.3 is 11.9 Å². The fourth-order valence-corrected chi connectivity index (χ4v) is 2.73. The van der Waals surface area contributed by atoms with Crippen molar-refractivity contribution < 1.29 is 19.4 Å². The van der Waals surface area contributed by atoms with Crippen molar-refractivity contribution in [3.63, 3.8) is 0 Å². The summed E-state index contributed by atoms with van der Waals surface area (Å²) in [6, 6.07) is 0. The average molecular weight is 210 g/mol. The van der Waals surface area contributed by atoms with Crippen molar-refractivity contribution in [3.05, 3.63) is 11.1 Å². The van der Waals surface area contributed by atoms with Crippen LogP contribution in [0.4, 0.5) is 0 Å². The molecule has 0 saturated heterocycles. The highest BCUT2D eigenvalue weighted by atomic mass is 16.5. The standard InChI is InChI=1S/C11H14O4/c1-6(12)15-5-9-7-2-3-8(4-7)10(9)11(13)14/h7-8H,2-5H2,1H3,(H,13,14). The molecule has 15 heavy (non-hydrogen) atoms. The maximum atomic E-state index is 11.0. The van der Waals surface area contributed by atoms with Gasteiger partial charge in [-0.05, 0) is 36.7 Å². The zero-order valence-electron chi connectivity index (χ0n) is 8.66. The van der Waals surface area contributed by atoms with Crippen LogP contribution in [0.25, 0.3) is 0 Å². The van der Waals surface area contributed by atoms with E-state index in [4.69, 9.17) is 9.84 Å². The van der Waals surface area contributed by atoms with Gasteiger partial charge in [-0.2, -0.15) is 0 Å². The predicted molar refractivity (Wildman–Crippen MR) is 52.1 cm³/mol. The lowest BCUT2D eigenvalue weighted by molar-refractivity contribution is -0.140. The molecule has 2 bridgehead atoms. The molecule has 2 unspecified atom stereocenters. The Bertz CT molecular complexity index is 342. The van der Waals surface area contributed by atoms with Crippen molar-refractivity contribution in [1.29, 1.82) is 0 Å². The van der Waals surface area contributed by atoms with Crippen LogP contribution in [0.3, 0.4) is 0 Å². The second-order valence-electron chi connectivity index (χ2n) is 4.23. The van der Waals surface area contributed by atoms with Gasteiger partial charge in [0.25, 0.3) is 0 Å². The molecule has 0 aliphatic heterocycles. The molecule has 2 aliphatic rings. The van der Waals surface area contributed by atoms with Crippen molar-refractivity contribution in [2.45, 2.75) is 26.2 Å². The molecule has 1 N–H and O–H groups in total. The van der Waals surface area contributed by atoms with Crippen LogP contribution in [-0.4, -0.2) is 23.7 Å². The van der Waals surface area contributed by atoms with Gasteiger partial charge in [0.1, 0.15) is 6.61 Å². The van der Waals surface area contributed by atoms with Crippen LogP contribution in [0.15, 0.2) is 11.1 Å². The van der Waals surface area contributed by atoms with E-state index < -0.39 is 5.97 Å². The van der Waals surface area contributed by atoms with Crippen LogP contribution < -0.4 is 0 Å². The van der Waals surface area contributed by atoms with E-state index in [-0.39, 0.29) is 18.5 Å². The molecule has 2 rings (SSSR count). The minimum atomic E-state index is -0.843. The van der Waals surface area contributed by atoms with Crippen LogP contribution in [0, 0.1) is 11.8 Å². The molecule has 4 nitrogen and oxygen atoms in total. The SMILES string of the molecule is CC(=O)OCC1=C(C(=O)O)C2CCC1C2. The molecule has 0 spiro atoms. The van der Waals surface area contributed by atoms with E-state index in [9.17, 15) is 9.59 Å². The Hall–Kier alpha value is -1.32. The zero-order chi connectivity index (χ0) is 11.0. The lowest BCUT2D eigenvalue weighted by Crippen LogP contribution is -2.16. The highest BCUT2D eigenvalue weighted by molar-refractivity contribution is 5.89. The summed E-state index contributed by atoms with van der Waals surface area (Å²) < 4.78 is 4.90. The molecular formula is C11H14O4. The van der Waals surface area contributed by atoms with Gasteiger partial charge < -0.3 is 9.84 Å². The Kier molecular flexibility index (Phi) is 2.50. The summed E-state index contributed by atoms with van der Waals surface area (Å²) >= 11 is 0. The Morgan fingerprint density at radius 1 is 1.40 bits per heavy atom. The molecule has 82 valence electrons. The normalized spacial score (nSPS) is 28.3. The summed E-state index contributed by atoms with van der Waals surface area (Å²) in [5, 5.41) is 9.07. The summed E-state index contributed by atoms with van der Waals surface area (Å²) in [7, 11) is 0. The fourth-order valence-electron chi connectivity index (χ4n) is 2.73. The highest BCUT2D eigenvalue weighted by Crippen LogP contribution is 2.48. The van der Waals surface area contributed by atoms with Crippen molar-refractivity contribution in [2.75, 3.05) is 6.61 Å². The second-order valence-corrected chi connectivity index (χ2v) is 4.23. The third kappa shape index (κ3) is 1.76. The van der Waals surface area contributed by atoms with Crippen LogP contribution in [0.1, 0.15) is 26.2 Å². The monoisotopic (exact) mass is 210 g/mol. The van der Waals surface area contributed by atoms with Gasteiger partial charge in [-0.1, -0.05) is 0 Å². The number of carboxylic acid groups (broad SMARTS) is 1. The van der Waals surface area contributed by atoms with E-state index in [0.29, 0.717) is 11.5 Å². The highest BCUT2D eigenvalue weighted by Gasteiger charge is 2.42. The first-order valence-electron chi connectivity index (χ1n) is 5.19. The van der Waals surface area contributed by atoms with Crippen LogP contribution in [-0.2, 0) is 14.3 Å². The molecule has 1 saturated carbocycles. The third-order valence-corrected chi connectivity index (χ3v) is 3.34. The molecule has 4 heteroatoms. The second kappa shape index (κ2) is 3.68. The van der Waals surface area contributed by atoms with Crippen molar-refractivity contribution in [2.24, 2.45) is 11.8 Å². The molecule has 0 aromatic rings. The molecule has 0 heterocycles. The number of ether oxygens (including phenoxy) is 1. The number of carbonyl (C=O) groups excluding carboxylic acids is 1. The van der Waals surface area contributed by atoms with Gasteiger partial charge in [-0.25, -0.2) is 4.79 Å². The topological polar surface area (TPSA) is 63.6 Å². The number of rotatable bonds is 3. The van der Waals surface area contributed by atoms with E-state index in [0.717, 1.165) is 24.8 Å². The van der Waals surface area contributed by atoms with Gasteiger partial charge in [-0.3, -0.25) is 4.79 Å². The summed E-state index contributed by atoms with van der Waals surface area (Å²) in [5.41, 5.74) is 1.35. The summed E-state index contributed by atoms with van der Waals surface area (Å²) in [6.07, 6.45) is 2.94. The minimum Gasteiger partial charge on any atom is -0.478 e. The third-order valence-electron chi connectivity index (χ3n) is 3.34. The summed E-state index contributed by atoms with van der Waals surface area (Å²) in [4.78, 5) is 21.7.